The summed E-state index contributed by atoms with van der Waals surface area (Å²) in [5.74, 6) is 0.280. The van der Waals surface area contributed by atoms with Gasteiger partial charge < -0.3 is 15.6 Å². The summed E-state index contributed by atoms with van der Waals surface area (Å²) in [5, 5.41) is 11.4. The number of hydrogen-bond acceptors (Lipinski definition) is 5. The van der Waals surface area contributed by atoms with E-state index in [4.69, 9.17) is 33.7 Å². The van der Waals surface area contributed by atoms with Crippen molar-refractivity contribution in [3.05, 3.63) is 62.6 Å². The van der Waals surface area contributed by atoms with E-state index >= 15 is 0 Å². The fourth-order valence-corrected chi connectivity index (χ4v) is 4.66. The molecule has 0 saturated carbocycles. The van der Waals surface area contributed by atoms with E-state index in [2.05, 4.69) is 9.80 Å². The fourth-order valence-electron chi connectivity index (χ4n) is 4.29. The predicted octanol–water partition coefficient (Wildman–Crippen LogP) is 3.50. The average molecular weight is 480 g/mol. The maximum Gasteiger partial charge on any atom is 0.239 e. The van der Waals surface area contributed by atoms with Gasteiger partial charge in [0.1, 0.15) is 24.5 Å². The molecule has 1 aliphatic heterocycles. The van der Waals surface area contributed by atoms with Crippen LogP contribution >= 0.6 is 23.2 Å². The number of aliphatic hydroxyl groups excluding tert-OH is 1. The molecule has 2 atom stereocenters. The molecule has 1 aliphatic rings. The molecule has 0 aromatic heterocycles. The Hall–Kier alpha value is -1.83. The zero-order valence-corrected chi connectivity index (χ0v) is 20.3. The molecule has 0 spiro atoms. The van der Waals surface area contributed by atoms with Crippen molar-refractivity contribution < 1.29 is 14.6 Å². The summed E-state index contributed by atoms with van der Waals surface area (Å²) < 4.78 is 5.76. The van der Waals surface area contributed by atoms with Crippen LogP contribution in [0.15, 0.2) is 30.3 Å². The Labute approximate surface area is 199 Å². The Morgan fingerprint density at radius 3 is 2.31 bits per heavy atom. The molecule has 3 rings (SSSR count). The summed E-state index contributed by atoms with van der Waals surface area (Å²) in [6.07, 6.45) is -0.652. The molecule has 1 saturated heterocycles. The number of rotatable bonds is 8. The standard InChI is InChI=1S/C24H31Cl2N3O3/c1-15-5-4-6-16(2)21(15)23(24(27)31)29-11-9-28(10-12-29)13-18(30)14-32-20-8-7-19(25)22(26)17(20)3/h4-8,18,23,30H,9-14H2,1-3H3,(H2,27,31). The number of carbonyl (C=O) groups excluding carboxylic acids is 1. The second-order valence-electron chi connectivity index (χ2n) is 8.40. The summed E-state index contributed by atoms with van der Waals surface area (Å²) in [7, 11) is 0. The van der Waals surface area contributed by atoms with Crippen LogP contribution in [0.2, 0.25) is 10.0 Å². The molecule has 1 amide bonds. The van der Waals surface area contributed by atoms with Crippen molar-refractivity contribution in [3.8, 4) is 5.75 Å². The maximum atomic E-state index is 12.3. The number of ether oxygens (including phenoxy) is 1. The highest BCUT2D eigenvalue weighted by Crippen LogP contribution is 2.32. The van der Waals surface area contributed by atoms with Gasteiger partial charge in [-0.05, 0) is 49.6 Å². The number of carbonyl (C=O) groups is 1. The van der Waals surface area contributed by atoms with Crippen LogP contribution in [0.5, 0.6) is 5.75 Å². The van der Waals surface area contributed by atoms with Crippen LogP contribution in [0.1, 0.15) is 28.3 Å². The lowest BCUT2D eigenvalue weighted by Crippen LogP contribution is -2.52. The fraction of sp³-hybridized carbons (Fsp3) is 0.458. The number of hydrogen-bond donors (Lipinski definition) is 2. The van der Waals surface area contributed by atoms with Crippen molar-refractivity contribution in [1.29, 1.82) is 0 Å². The molecular formula is C24H31Cl2N3O3. The Morgan fingerprint density at radius 2 is 1.72 bits per heavy atom. The van der Waals surface area contributed by atoms with E-state index < -0.39 is 12.1 Å². The highest BCUT2D eigenvalue weighted by molar-refractivity contribution is 6.42. The van der Waals surface area contributed by atoms with Crippen LogP contribution in [-0.4, -0.2) is 66.2 Å². The third-order valence-electron chi connectivity index (χ3n) is 6.05. The molecular weight excluding hydrogens is 449 g/mol. The Kier molecular flexibility index (Phi) is 8.42. The van der Waals surface area contributed by atoms with Gasteiger partial charge in [-0.2, -0.15) is 0 Å². The quantitative estimate of drug-likeness (QED) is 0.605. The second kappa shape index (κ2) is 10.9. The van der Waals surface area contributed by atoms with E-state index in [0.717, 1.165) is 35.3 Å². The minimum absolute atomic E-state index is 0.158. The first-order valence-electron chi connectivity index (χ1n) is 10.8. The maximum absolute atomic E-state index is 12.3. The lowest BCUT2D eigenvalue weighted by Gasteiger charge is -2.39. The lowest BCUT2D eigenvalue weighted by atomic mass is 9.94. The first kappa shape index (κ1) is 24.8. The number of aliphatic hydroxyl groups is 1. The zero-order chi connectivity index (χ0) is 23.4. The number of nitrogens with two attached hydrogens (primary N) is 1. The molecule has 8 heteroatoms. The molecule has 2 aromatic carbocycles. The van der Waals surface area contributed by atoms with Crippen molar-refractivity contribution in [2.75, 3.05) is 39.3 Å². The van der Waals surface area contributed by atoms with Crippen LogP contribution in [-0.2, 0) is 4.79 Å². The predicted molar refractivity (Wildman–Crippen MR) is 129 cm³/mol. The minimum atomic E-state index is -0.652. The van der Waals surface area contributed by atoms with Gasteiger partial charge in [0, 0.05) is 38.3 Å². The molecule has 0 aliphatic carbocycles. The topological polar surface area (TPSA) is 79.0 Å². The number of piperazine rings is 1. The van der Waals surface area contributed by atoms with Gasteiger partial charge in [0.05, 0.1) is 10.0 Å². The van der Waals surface area contributed by atoms with E-state index in [1.54, 1.807) is 12.1 Å². The third-order valence-corrected chi connectivity index (χ3v) is 6.95. The van der Waals surface area contributed by atoms with Crippen LogP contribution in [0, 0.1) is 20.8 Å². The largest absolute Gasteiger partial charge is 0.491 e. The Morgan fingerprint density at radius 1 is 1.09 bits per heavy atom. The van der Waals surface area contributed by atoms with Crippen LogP contribution in [0.4, 0.5) is 0 Å². The summed E-state index contributed by atoms with van der Waals surface area (Å²) >= 11 is 12.2. The Bertz CT molecular complexity index is 941. The van der Waals surface area contributed by atoms with E-state index in [9.17, 15) is 9.90 Å². The third kappa shape index (κ3) is 5.74. The van der Waals surface area contributed by atoms with Crippen molar-refractivity contribution in [2.24, 2.45) is 5.73 Å². The smallest absolute Gasteiger partial charge is 0.239 e. The summed E-state index contributed by atoms with van der Waals surface area (Å²) in [6.45, 7) is 9.36. The summed E-state index contributed by atoms with van der Waals surface area (Å²) in [4.78, 5) is 16.7. The number of β-amino-alcohol motifs (C(OH)–C–C–N with tert-alkyl or cyclic N) is 1. The summed E-state index contributed by atoms with van der Waals surface area (Å²) in [6, 6.07) is 9.02. The number of benzene rings is 2. The van der Waals surface area contributed by atoms with Gasteiger partial charge in [0.25, 0.3) is 0 Å². The number of primary amides is 1. The average Bonchev–Trinajstić information content (AvgIpc) is 2.75. The lowest BCUT2D eigenvalue weighted by molar-refractivity contribution is -0.124. The number of nitrogens with zero attached hydrogens (tertiary/aromatic N) is 2. The van der Waals surface area contributed by atoms with Crippen molar-refractivity contribution >= 4 is 29.1 Å². The molecule has 6 nitrogen and oxygen atoms in total. The zero-order valence-electron chi connectivity index (χ0n) is 18.8. The highest BCUT2D eigenvalue weighted by atomic mass is 35.5. The van der Waals surface area contributed by atoms with Crippen LogP contribution in [0.25, 0.3) is 0 Å². The molecule has 0 bridgehead atoms. The molecule has 32 heavy (non-hydrogen) atoms. The first-order valence-corrected chi connectivity index (χ1v) is 11.5. The normalized spacial score (nSPS) is 17.2. The van der Waals surface area contributed by atoms with E-state index in [0.29, 0.717) is 35.4 Å². The minimum Gasteiger partial charge on any atom is -0.491 e. The first-order chi connectivity index (χ1) is 15.2. The van der Waals surface area contributed by atoms with Crippen molar-refractivity contribution in [2.45, 2.75) is 32.9 Å². The van der Waals surface area contributed by atoms with Gasteiger partial charge in [-0.1, -0.05) is 41.4 Å². The molecule has 3 N–H and O–H groups in total. The van der Waals surface area contributed by atoms with E-state index in [1.807, 2.05) is 39.0 Å². The van der Waals surface area contributed by atoms with Gasteiger partial charge in [-0.15, -0.1) is 0 Å². The highest BCUT2D eigenvalue weighted by Gasteiger charge is 2.31. The molecule has 2 unspecified atom stereocenters. The monoisotopic (exact) mass is 479 g/mol. The van der Waals surface area contributed by atoms with Crippen molar-refractivity contribution in [1.82, 2.24) is 9.80 Å². The molecule has 2 aromatic rings. The summed E-state index contributed by atoms with van der Waals surface area (Å²) in [5.41, 5.74) is 9.71. The SMILES string of the molecule is Cc1cccc(C)c1C(C(N)=O)N1CCN(CC(O)COc2ccc(Cl)c(Cl)c2C)CC1. The van der Waals surface area contributed by atoms with Gasteiger partial charge in [-0.25, -0.2) is 0 Å². The molecule has 1 heterocycles. The van der Waals surface area contributed by atoms with Crippen molar-refractivity contribution in [3.63, 3.8) is 0 Å². The number of halogens is 2. The van der Waals surface area contributed by atoms with Crippen LogP contribution < -0.4 is 10.5 Å². The van der Waals surface area contributed by atoms with E-state index in [-0.39, 0.29) is 12.5 Å². The number of aryl methyl sites for hydroxylation is 2. The molecule has 174 valence electrons. The van der Waals surface area contributed by atoms with Gasteiger partial charge >= 0.3 is 0 Å². The molecule has 1 fully saturated rings. The van der Waals surface area contributed by atoms with Gasteiger partial charge in [0.15, 0.2) is 0 Å². The molecule has 0 radical (unpaired) electrons. The van der Waals surface area contributed by atoms with Crippen LogP contribution in [0.3, 0.4) is 0 Å². The Balaban J connectivity index is 1.55. The van der Waals surface area contributed by atoms with E-state index in [1.165, 1.54) is 0 Å². The second-order valence-corrected chi connectivity index (χ2v) is 9.18. The number of amides is 1. The van der Waals surface area contributed by atoms with Gasteiger partial charge in [-0.3, -0.25) is 14.6 Å². The van der Waals surface area contributed by atoms with Gasteiger partial charge in [0.2, 0.25) is 5.91 Å².